The Kier molecular flexibility index (Phi) is 5.57. The van der Waals surface area contributed by atoms with E-state index in [1.165, 1.54) is 11.3 Å². The minimum absolute atomic E-state index is 0.0506. The van der Waals surface area contributed by atoms with Crippen LogP contribution in [0.15, 0.2) is 6.20 Å². The van der Waals surface area contributed by atoms with Crippen LogP contribution in [-0.4, -0.2) is 28.6 Å². The van der Waals surface area contributed by atoms with Crippen molar-refractivity contribution < 1.29 is 14.7 Å². The largest absolute Gasteiger partial charge is 0.481 e. The van der Waals surface area contributed by atoms with E-state index in [-0.39, 0.29) is 12.5 Å². The van der Waals surface area contributed by atoms with E-state index in [1.54, 1.807) is 6.20 Å². The highest BCUT2D eigenvalue weighted by atomic mass is 32.1. The van der Waals surface area contributed by atoms with Gasteiger partial charge in [-0.25, -0.2) is 9.78 Å². The topological polar surface area (TPSA) is 91.3 Å². The van der Waals surface area contributed by atoms with Gasteiger partial charge in [0.15, 0.2) is 5.13 Å². The summed E-state index contributed by atoms with van der Waals surface area (Å²) in [6.07, 6.45) is 2.21. The second kappa shape index (κ2) is 6.95. The molecule has 0 aliphatic carbocycles. The van der Waals surface area contributed by atoms with Crippen molar-refractivity contribution in [2.24, 2.45) is 0 Å². The number of nitrogens with one attached hydrogen (secondary N) is 2. The van der Waals surface area contributed by atoms with E-state index in [4.69, 9.17) is 5.11 Å². The van der Waals surface area contributed by atoms with Gasteiger partial charge in [-0.3, -0.25) is 10.1 Å². The van der Waals surface area contributed by atoms with Crippen LogP contribution in [0.3, 0.4) is 0 Å². The molecule has 2 amide bonds. The average Bonchev–Trinajstić information content (AvgIpc) is 2.72. The lowest BCUT2D eigenvalue weighted by Gasteiger charge is -2.04. The van der Waals surface area contributed by atoms with Crippen LogP contribution in [0.25, 0.3) is 0 Å². The summed E-state index contributed by atoms with van der Waals surface area (Å²) in [7, 11) is 0. The predicted octanol–water partition coefficient (Wildman–Crippen LogP) is 2.25. The van der Waals surface area contributed by atoms with Gasteiger partial charge in [-0.05, 0) is 12.3 Å². The molecule has 0 saturated heterocycles. The zero-order chi connectivity index (χ0) is 13.5. The van der Waals surface area contributed by atoms with Crippen LogP contribution in [0.2, 0.25) is 0 Å². The lowest BCUT2D eigenvalue weighted by molar-refractivity contribution is -0.137. The standard InChI is InChI=1S/C11H17N3O3S/c1-7(2)8-6-13-11(18-8)14-10(17)12-5-3-4-9(15)16/h6-7H,3-5H2,1-2H3,(H,15,16)(H2,12,13,14,17). The highest BCUT2D eigenvalue weighted by Crippen LogP contribution is 2.24. The quantitative estimate of drug-likeness (QED) is 0.692. The second-order valence-corrected chi connectivity index (χ2v) is 5.16. The number of amides is 2. The first-order chi connectivity index (χ1) is 8.49. The molecule has 0 bridgehead atoms. The van der Waals surface area contributed by atoms with Gasteiger partial charge >= 0.3 is 12.0 Å². The lowest BCUT2D eigenvalue weighted by atomic mass is 10.2. The van der Waals surface area contributed by atoms with Crippen LogP contribution in [0.5, 0.6) is 0 Å². The lowest BCUT2D eigenvalue weighted by Crippen LogP contribution is -2.29. The van der Waals surface area contributed by atoms with Crippen molar-refractivity contribution in [3.63, 3.8) is 0 Å². The summed E-state index contributed by atoms with van der Waals surface area (Å²) in [5.74, 6) is -0.476. The summed E-state index contributed by atoms with van der Waals surface area (Å²) in [4.78, 5) is 26.9. The van der Waals surface area contributed by atoms with Crippen molar-refractivity contribution in [3.8, 4) is 0 Å². The molecule has 0 saturated carbocycles. The zero-order valence-electron chi connectivity index (χ0n) is 10.4. The molecule has 0 radical (unpaired) electrons. The second-order valence-electron chi connectivity index (χ2n) is 4.10. The number of nitrogens with zero attached hydrogens (tertiary/aromatic N) is 1. The van der Waals surface area contributed by atoms with Gasteiger partial charge in [0.05, 0.1) is 0 Å². The maximum Gasteiger partial charge on any atom is 0.321 e. The summed E-state index contributed by atoms with van der Waals surface area (Å²) in [5, 5.41) is 14.2. The van der Waals surface area contributed by atoms with Crippen LogP contribution < -0.4 is 10.6 Å². The number of aliphatic carboxylic acids is 1. The Morgan fingerprint density at radius 2 is 2.22 bits per heavy atom. The van der Waals surface area contributed by atoms with Gasteiger partial charge in [0.1, 0.15) is 0 Å². The van der Waals surface area contributed by atoms with E-state index < -0.39 is 5.97 Å². The smallest absolute Gasteiger partial charge is 0.321 e. The highest BCUT2D eigenvalue weighted by Gasteiger charge is 2.08. The molecule has 1 aromatic heterocycles. The molecule has 100 valence electrons. The molecular weight excluding hydrogens is 254 g/mol. The Labute approximate surface area is 109 Å². The van der Waals surface area contributed by atoms with Gasteiger partial charge in [-0.1, -0.05) is 13.8 Å². The minimum Gasteiger partial charge on any atom is -0.481 e. The molecule has 6 nitrogen and oxygen atoms in total. The molecular formula is C11H17N3O3S. The van der Waals surface area contributed by atoms with Crippen molar-refractivity contribution in [2.75, 3.05) is 11.9 Å². The molecule has 0 aliphatic rings. The predicted molar refractivity (Wildman–Crippen MR) is 70.1 cm³/mol. The number of hydrogen-bond acceptors (Lipinski definition) is 4. The fourth-order valence-corrected chi connectivity index (χ4v) is 2.01. The fraction of sp³-hybridized carbons (Fsp3) is 0.545. The number of aromatic nitrogens is 1. The molecule has 1 heterocycles. The van der Waals surface area contributed by atoms with Crippen LogP contribution in [0, 0.1) is 0 Å². The first kappa shape index (κ1) is 14.4. The van der Waals surface area contributed by atoms with Crippen molar-refractivity contribution in [2.45, 2.75) is 32.6 Å². The number of carbonyl (C=O) groups is 2. The number of carboxylic acid groups (broad SMARTS) is 1. The van der Waals surface area contributed by atoms with Crippen molar-refractivity contribution >= 4 is 28.5 Å². The Morgan fingerprint density at radius 3 is 2.78 bits per heavy atom. The highest BCUT2D eigenvalue weighted by molar-refractivity contribution is 7.15. The Balaban J connectivity index is 2.28. The molecule has 0 fully saturated rings. The maximum atomic E-state index is 11.4. The first-order valence-electron chi connectivity index (χ1n) is 5.71. The van der Waals surface area contributed by atoms with Crippen molar-refractivity contribution in [1.82, 2.24) is 10.3 Å². The molecule has 0 aliphatic heterocycles. The van der Waals surface area contributed by atoms with Crippen molar-refractivity contribution in [3.05, 3.63) is 11.1 Å². The van der Waals surface area contributed by atoms with E-state index in [0.29, 0.717) is 24.0 Å². The van der Waals surface area contributed by atoms with Gasteiger partial charge in [-0.15, -0.1) is 11.3 Å². The van der Waals surface area contributed by atoms with E-state index in [1.807, 2.05) is 0 Å². The third-order valence-electron chi connectivity index (χ3n) is 2.17. The summed E-state index contributed by atoms with van der Waals surface area (Å²) in [6, 6.07) is -0.356. The Bertz CT molecular complexity index is 417. The molecule has 0 atom stereocenters. The van der Waals surface area contributed by atoms with Gasteiger partial charge in [0, 0.05) is 24.0 Å². The zero-order valence-corrected chi connectivity index (χ0v) is 11.2. The third-order valence-corrected chi connectivity index (χ3v) is 3.38. The SMILES string of the molecule is CC(C)c1cnc(NC(=O)NCCCC(=O)O)s1. The third kappa shape index (κ3) is 5.13. The molecule has 1 aromatic rings. The van der Waals surface area contributed by atoms with Gasteiger partial charge < -0.3 is 10.4 Å². The molecule has 0 aromatic carbocycles. The number of urea groups is 1. The normalized spacial score (nSPS) is 10.4. The fourth-order valence-electron chi connectivity index (χ4n) is 1.19. The monoisotopic (exact) mass is 271 g/mol. The number of carboxylic acids is 1. The average molecular weight is 271 g/mol. The van der Waals surface area contributed by atoms with Gasteiger partial charge in [-0.2, -0.15) is 0 Å². The van der Waals surface area contributed by atoms with E-state index >= 15 is 0 Å². The van der Waals surface area contributed by atoms with E-state index in [2.05, 4.69) is 29.5 Å². The van der Waals surface area contributed by atoms with Crippen molar-refractivity contribution in [1.29, 1.82) is 0 Å². The number of hydrogen-bond donors (Lipinski definition) is 3. The van der Waals surface area contributed by atoms with Gasteiger partial charge in [0.2, 0.25) is 0 Å². The minimum atomic E-state index is -0.862. The summed E-state index contributed by atoms with van der Waals surface area (Å²) in [5.41, 5.74) is 0. The molecule has 0 unspecified atom stereocenters. The van der Waals surface area contributed by atoms with Crippen LogP contribution >= 0.6 is 11.3 Å². The van der Waals surface area contributed by atoms with Crippen LogP contribution in [0.4, 0.5) is 9.93 Å². The summed E-state index contributed by atoms with van der Waals surface area (Å²) < 4.78 is 0. The van der Waals surface area contributed by atoms with E-state index in [0.717, 1.165) is 4.88 Å². The Hall–Kier alpha value is -1.63. The summed E-state index contributed by atoms with van der Waals surface area (Å²) >= 11 is 1.44. The molecule has 7 heteroatoms. The van der Waals surface area contributed by atoms with E-state index in [9.17, 15) is 9.59 Å². The van der Waals surface area contributed by atoms with Gasteiger partial charge in [0.25, 0.3) is 0 Å². The maximum absolute atomic E-state index is 11.4. The number of rotatable bonds is 6. The number of anilines is 1. The van der Waals surface area contributed by atoms with Crippen LogP contribution in [-0.2, 0) is 4.79 Å². The summed E-state index contributed by atoms with van der Waals surface area (Å²) in [6.45, 7) is 4.45. The number of carbonyl (C=O) groups excluding carboxylic acids is 1. The Morgan fingerprint density at radius 1 is 1.50 bits per heavy atom. The number of thiazole rings is 1. The molecule has 3 N–H and O–H groups in total. The first-order valence-corrected chi connectivity index (χ1v) is 6.53. The molecule has 18 heavy (non-hydrogen) atoms. The van der Waals surface area contributed by atoms with Crippen LogP contribution in [0.1, 0.15) is 37.5 Å². The molecule has 1 rings (SSSR count). The molecule has 0 spiro atoms.